The molecule has 124 valence electrons. The molecule has 0 spiro atoms. The predicted octanol–water partition coefficient (Wildman–Crippen LogP) is 2.33. The van der Waals surface area contributed by atoms with Gasteiger partial charge in [0.25, 0.3) is 0 Å². The molecule has 0 aliphatic carbocycles. The Labute approximate surface area is 131 Å². The summed E-state index contributed by atoms with van der Waals surface area (Å²) in [7, 11) is -1.06. The molecule has 1 fully saturated rings. The van der Waals surface area contributed by atoms with E-state index in [9.17, 15) is 4.79 Å². The Balaban J connectivity index is 1.67. The molecule has 1 atom stereocenters. The molecule has 2 rings (SSSR count). The lowest BCUT2D eigenvalue weighted by molar-refractivity contribution is 0.0497. The molecule has 0 unspecified atom stereocenters. The van der Waals surface area contributed by atoms with Crippen LogP contribution in [0.5, 0.6) is 5.75 Å². The molecule has 8 heteroatoms. The summed E-state index contributed by atoms with van der Waals surface area (Å²) in [5, 5.41) is 13.1. The Kier molecular flexibility index (Phi) is 5.46. The van der Waals surface area contributed by atoms with Crippen molar-refractivity contribution in [3.8, 4) is 5.75 Å². The Hall–Kier alpha value is -1.54. The van der Waals surface area contributed by atoms with Gasteiger partial charge in [0.15, 0.2) is 5.75 Å². The highest BCUT2D eigenvalue weighted by atomic mass is 28.3. The molecule has 1 N–H and O–H groups in total. The highest BCUT2D eigenvalue weighted by Crippen LogP contribution is 2.19. The highest BCUT2D eigenvalue weighted by molar-refractivity contribution is 6.76. The number of hydrogen-bond acceptors (Lipinski definition) is 4. The first-order chi connectivity index (χ1) is 10.3. The van der Waals surface area contributed by atoms with E-state index in [4.69, 9.17) is 14.6 Å². The van der Waals surface area contributed by atoms with E-state index in [2.05, 4.69) is 24.7 Å². The number of ether oxygens (including phenoxy) is 2. The van der Waals surface area contributed by atoms with Gasteiger partial charge in [-0.1, -0.05) is 19.6 Å². The first-order valence-electron chi connectivity index (χ1n) is 7.58. The van der Waals surface area contributed by atoms with E-state index < -0.39 is 14.2 Å². The molecular weight excluding hydrogens is 302 g/mol. The third kappa shape index (κ3) is 5.02. The summed E-state index contributed by atoms with van der Waals surface area (Å²) in [4.78, 5) is 12.3. The summed E-state index contributed by atoms with van der Waals surface area (Å²) in [6, 6.07) is 1.08. The van der Waals surface area contributed by atoms with Gasteiger partial charge in [-0.25, -0.2) is 9.48 Å². The maximum atomic E-state index is 10.9. The molecule has 1 aromatic heterocycles. The molecule has 0 bridgehead atoms. The van der Waals surface area contributed by atoms with Crippen LogP contribution in [0.4, 0.5) is 4.79 Å². The SMILES string of the molecule is C[Si](C)(C)CCOCn1cc(OC[C@H]2CCN2C(=O)O)cn1. The van der Waals surface area contributed by atoms with Gasteiger partial charge in [-0.3, -0.25) is 0 Å². The van der Waals surface area contributed by atoms with Crippen LogP contribution in [-0.4, -0.2) is 59.8 Å². The third-order valence-electron chi connectivity index (χ3n) is 3.66. The summed E-state index contributed by atoms with van der Waals surface area (Å²) < 4.78 is 12.9. The summed E-state index contributed by atoms with van der Waals surface area (Å²) in [6.07, 6.45) is 3.37. The topological polar surface area (TPSA) is 76.8 Å². The summed E-state index contributed by atoms with van der Waals surface area (Å²) in [5.41, 5.74) is 0. The van der Waals surface area contributed by atoms with E-state index in [0.717, 1.165) is 19.1 Å². The second-order valence-electron chi connectivity index (χ2n) is 6.79. The molecule has 1 aromatic rings. The fourth-order valence-electron chi connectivity index (χ4n) is 2.08. The minimum atomic E-state index is -1.06. The maximum absolute atomic E-state index is 10.9. The number of hydrogen-bond donors (Lipinski definition) is 1. The molecule has 1 aliphatic rings. The van der Waals surface area contributed by atoms with Crippen molar-refractivity contribution in [3.05, 3.63) is 12.4 Å². The number of nitrogens with zero attached hydrogens (tertiary/aromatic N) is 3. The van der Waals surface area contributed by atoms with Gasteiger partial charge in [0.1, 0.15) is 13.3 Å². The number of carbonyl (C=O) groups is 1. The second-order valence-corrected chi connectivity index (χ2v) is 12.4. The van der Waals surface area contributed by atoms with Gasteiger partial charge in [0.05, 0.1) is 18.4 Å². The van der Waals surface area contributed by atoms with E-state index in [1.165, 1.54) is 4.90 Å². The Bertz CT molecular complexity index is 501. The van der Waals surface area contributed by atoms with Crippen molar-refractivity contribution in [2.24, 2.45) is 0 Å². The summed E-state index contributed by atoms with van der Waals surface area (Å²) >= 11 is 0. The zero-order valence-corrected chi connectivity index (χ0v) is 14.5. The molecule has 2 heterocycles. The fraction of sp³-hybridized carbons (Fsp3) is 0.714. The van der Waals surface area contributed by atoms with Gasteiger partial charge in [-0.05, 0) is 12.5 Å². The number of rotatable bonds is 8. The minimum Gasteiger partial charge on any atom is -0.488 e. The van der Waals surface area contributed by atoms with Crippen LogP contribution in [0, 0.1) is 0 Å². The Morgan fingerprint density at radius 3 is 2.86 bits per heavy atom. The average Bonchev–Trinajstić information content (AvgIpc) is 2.79. The molecule has 1 amide bonds. The van der Waals surface area contributed by atoms with E-state index in [-0.39, 0.29) is 6.04 Å². The minimum absolute atomic E-state index is 0.0474. The van der Waals surface area contributed by atoms with Crippen LogP contribution in [0.25, 0.3) is 0 Å². The van der Waals surface area contributed by atoms with Crippen LogP contribution in [0.15, 0.2) is 12.4 Å². The van der Waals surface area contributed by atoms with Crippen LogP contribution < -0.4 is 4.74 Å². The molecule has 0 saturated carbocycles. The standard InChI is InChI=1S/C14H25N3O4Si/c1-22(2,3)7-6-20-11-16-9-13(8-15-16)21-10-12-4-5-17(12)14(18)19/h8-9,12H,4-7,10-11H2,1-3H3,(H,18,19)/t12-/m1/s1. The lowest BCUT2D eigenvalue weighted by atomic mass is 10.1. The molecule has 7 nitrogen and oxygen atoms in total. The van der Waals surface area contributed by atoms with Gasteiger partial charge in [0, 0.05) is 21.2 Å². The maximum Gasteiger partial charge on any atom is 0.407 e. The van der Waals surface area contributed by atoms with Gasteiger partial charge in [0.2, 0.25) is 0 Å². The van der Waals surface area contributed by atoms with Crippen LogP contribution in [0.2, 0.25) is 25.7 Å². The van der Waals surface area contributed by atoms with E-state index in [1.807, 2.05) is 0 Å². The van der Waals surface area contributed by atoms with Crippen molar-refractivity contribution in [2.75, 3.05) is 19.8 Å². The van der Waals surface area contributed by atoms with Gasteiger partial charge in [-0.15, -0.1) is 0 Å². The molecule has 0 aromatic carbocycles. The Morgan fingerprint density at radius 2 is 2.27 bits per heavy atom. The smallest absolute Gasteiger partial charge is 0.407 e. The van der Waals surface area contributed by atoms with Crippen molar-refractivity contribution in [2.45, 2.75) is 44.9 Å². The first kappa shape index (κ1) is 16.8. The molecular formula is C14H25N3O4Si. The summed E-state index contributed by atoms with van der Waals surface area (Å²) in [6.45, 7) is 9.08. The highest BCUT2D eigenvalue weighted by Gasteiger charge is 2.32. The Morgan fingerprint density at radius 1 is 1.50 bits per heavy atom. The van der Waals surface area contributed by atoms with Crippen LogP contribution >= 0.6 is 0 Å². The van der Waals surface area contributed by atoms with Crippen molar-refractivity contribution in [3.63, 3.8) is 0 Å². The average molecular weight is 327 g/mol. The van der Waals surface area contributed by atoms with Crippen molar-refractivity contribution >= 4 is 14.2 Å². The predicted molar refractivity (Wildman–Crippen MR) is 85.0 cm³/mol. The lowest BCUT2D eigenvalue weighted by Crippen LogP contribution is -2.53. The number of amides is 1. The third-order valence-corrected chi connectivity index (χ3v) is 5.37. The lowest BCUT2D eigenvalue weighted by Gasteiger charge is -2.38. The molecule has 1 saturated heterocycles. The molecule has 1 aliphatic heterocycles. The fourth-order valence-corrected chi connectivity index (χ4v) is 2.84. The number of carboxylic acid groups (broad SMARTS) is 1. The van der Waals surface area contributed by atoms with E-state index in [1.54, 1.807) is 17.1 Å². The normalized spacial score (nSPS) is 18.1. The van der Waals surface area contributed by atoms with Crippen LogP contribution in [-0.2, 0) is 11.5 Å². The zero-order chi connectivity index (χ0) is 16.2. The van der Waals surface area contributed by atoms with Gasteiger partial charge >= 0.3 is 6.09 Å². The van der Waals surface area contributed by atoms with Gasteiger partial charge < -0.3 is 19.5 Å². The van der Waals surface area contributed by atoms with E-state index >= 15 is 0 Å². The first-order valence-corrected chi connectivity index (χ1v) is 11.3. The molecule has 0 radical (unpaired) electrons. The molecule has 22 heavy (non-hydrogen) atoms. The monoisotopic (exact) mass is 327 g/mol. The number of likely N-dealkylation sites (tertiary alicyclic amines) is 1. The van der Waals surface area contributed by atoms with Crippen molar-refractivity contribution in [1.29, 1.82) is 0 Å². The van der Waals surface area contributed by atoms with Crippen LogP contribution in [0.1, 0.15) is 6.42 Å². The van der Waals surface area contributed by atoms with E-state index in [0.29, 0.717) is 25.6 Å². The van der Waals surface area contributed by atoms with Gasteiger partial charge in [-0.2, -0.15) is 5.10 Å². The zero-order valence-electron chi connectivity index (χ0n) is 13.5. The van der Waals surface area contributed by atoms with Crippen molar-refractivity contribution in [1.82, 2.24) is 14.7 Å². The quantitative estimate of drug-likeness (QED) is 0.586. The largest absolute Gasteiger partial charge is 0.488 e. The second kappa shape index (κ2) is 7.15. The van der Waals surface area contributed by atoms with Crippen LogP contribution in [0.3, 0.4) is 0 Å². The summed E-state index contributed by atoms with van der Waals surface area (Å²) in [5.74, 6) is 0.644. The number of aromatic nitrogens is 2. The van der Waals surface area contributed by atoms with Crippen molar-refractivity contribution < 1.29 is 19.4 Å².